The lowest BCUT2D eigenvalue weighted by Crippen LogP contribution is -2.25. The predicted molar refractivity (Wildman–Crippen MR) is 77.9 cm³/mol. The molecule has 122 valence electrons. The first kappa shape index (κ1) is 15.6. The van der Waals surface area contributed by atoms with Crippen molar-refractivity contribution < 1.29 is 27.8 Å². The Balaban J connectivity index is 1.57. The first-order valence-electron chi connectivity index (χ1n) is 6.78. The summed E-state index contributed by atoms with van der Waals surface area (Å²) in [4.78, 5) is 11.8. The van der Waals surface area contributed by atoms with E-state index in [1.54, 1.807) is 24.3 Å². The molecule has 3 rings (SSSR count). The maximum absolute atomic E-state index is 12.9. The molecule has 2 aromatic carbocycles. The second kappa shape index (κ2) is 6.04. The summed E-state index contributed by atoms with van der Waals surface area (Å²) < 4.78 is 39.7. The van der Waals surface area contributed by atoms with Crippen LogP contribution >= 0.6 is 0 Å². The number of nitriles is 1. The Kier molecular flexibility index (Phi) is 3.92. The number of anilines is 1. The van der Waals surface area contributed by atoms with Crippen LogP contribution < -0.4 is 19.5 Å². The largest absolute Gasteiger partial charge is 0.586 e. The standard InChI is InChI=1S/C16H10F2N2O4/c17-16(18)23-13-6-3-11(7-14(13)24-16)20-15(21)9-22-12-4-1-10(8-19)2-5-12/h1-7H,9H2,(H,20,21). The van der Waals surface area contributed by atoms with Crippen LogP contribution in [0.25, 0.3) is 0 Å². The van der Waals surface area contributed by atoms with Gasteiger partial charge in [-0.2, -0.15) is 5.26 Å². The lowest BCUT2D eigenvalue weighted by atomic mass is 10.2. The van der Waals surface area contributed by atoms with Crippen molar-refractivity contribution in [1.29, 1.82) is 5.26 Å². The van der Waals surface area contributed by atoms with Crippen LogP contribution in [0.1, 0.15) is 5.56 Å². The quantitative estimate of drug-likeness (QED) is 0.931. The number of alkyl halides is 2. The minimum absolute atomic E-state index is 0.105. The minimum Gasteiger partial charge on any atom is -0.484 e. The Labute approximate surface area is 135 Å². The average molecular weight is 332 g/mol. The number of carbonyl (C=O) groups is 1. The second-order valence-electron chi connectivity index (χ2n) is 4.80. The van der Waals surface area contributed by atoms with Gasteiger partial charge in [-0.25, -0.2) is 0 Å². The summed E-state index contributed by atoms with van der Waals surface area (Å²) in [6.45, 7) is -0.281. The monoisotopic (exact) mass is 332 g/mol. The molecule has 0 bridgehead atoms. The average Bonchev–Trinajstić information content (AvgIpc) is 2.86. The number of nitrogens with one attached hydrogen (secondary N) is 1. The van der Waals surface area contributed by atoms with E-state index in [0.717, 1.165) is 0 Å². The molecular formula is C16H10F2N2O4. The molecule has 24 heavy (non-hydrogen) atoms. The molecule has 0 aliphatic carbocycles. The molecule has 1 heterocycles. The van der Waals surface area contributed by atoms with Gasteiger partial charge in [-0.1, -0.05) is 0 Å². The van der Waals surface area contributed by atoms with Crippen LogP contribution in [0.5, 0.6) is 17.2 Å². The van der Waals surface area contributed by atoms with Gasteiger partial charge in [0.05, 0.1) is 11.6 Å². The molecule has 1 amide bonds. The first-order chi connectivity index (χ1) is 11.4. The molecular weight excluding hydrogens is 322 g/mol. The summed E-state index contributed by atoms with van der Waals surface area (Å²) in [5.74, 6) is -0.322. The van der Waals surface area contributed by atoms with Crippen molar-refractivity contribution in [1.82, 2.24) is 0 Å². The molecule has 2 aromatic rings. The number of nitrogens with zero attached hydrogens (tertiary/aromatic N) is 1. The van der Waals surface area contributed by atoms with E-state index in [4.69, 9.17) is 10.00 Å². The summed E-state index contributed by atoms with van der Waals surface area (Å²) in [7, 11) is 0. The van der Waals surface area contributed by atoms with Gasteiger partial charge in [-0.3, -0.25) is 4.79 Å². The van der Waals surface area contributed by atoms with E-state index in [-0.39, 0.29) is 23.8 Å². The smallest absolute Gasteiger partial charge is 0.484 e. The van der Waals surface area contributed by atoms with Crippen LogP contribution in [0.4, 0.5) is 14.5 Å². The number of hydrogen-bond acceptors (Lipinski definition) is 5. The van der Waals surface area contributed by atoms with Crippen LogP contribution in [-0.2, 0) is 4.79 Å². The normalized spacial score (nSPS) is 13.9. The first-order valence-corrected chi connectivity index (χ1v) is 6.78. The van der Waals surface area contributed by atoms with E-state index in [9.17, 15) is 13.6 Å². The Bertz CT molecular complexity index is 816. The maximum Gasteiger partial charge on any atom is 0.586 e. The summed E-state index contributed by atoms with van der Waals surface area (Å²) in [6.07, 6.45) is -3.70. The zero-order valence-electron chi connectivity index (χ0n) is 12.1. The SMILES string of the molecule is N#Cc1ccc(OCC(=O)Nc2ccc3c(c2)OC(F)(F)O3)cc1. The molecule has 0 aromatic heterocycles. The highest BCUT2D eigenvalue weighted by molar-refractivity contribution is 5.92. The molecule has 0 spiro atoms. The molecule has 1 N–H and O–H groups in total. The molecule has 1 aliphatic rings. The van der Waals surface area contributed by atoms with Crippen LogP contribution in [0.2, 0.25) is 0 Å². The number of fused-ring (bicyclic) bond motifs is 1. The summed E-state index contributed by atoms with van der Waals surface area (Å²) >= 11 is 0. The highest BCUT2D eigenvalue weighted by Gasteiger charge is 2.43. The summed E-state index contributed by atoms with van der Waals surface area (Å²) in [5, 5.41) is 11.2. The minimum atomic E-state index is -3.70. The number of ether oxygens (including phenoxy) is 3. The molecule has 0 saturated carbocycles. The van der Waals surface area contributed by atoms with Crippen LogP contribution in [0.3, 0.4) is 0 Å². The van der Waals surface area contributed by atoms with Crippen molar-refractivity contribution in [2.75, 3.05) is 11.9 Å². The molecule has 0 radical (unpaired) electrons. The van der Waals surface area contributed by atoms with Crippen LogP contribution in [0, 0.1) is 11.3 Å². The van der Waals surface area contributed by atoms with Gasteiger partial charge in [0.25, 0.3) is 5.91 Å². The number of rotatable bonds is 4. The molecule has 0 fully saturated rings. The van der Waals surface area contributed by atoms with Crippen molar-refractivity contribution in [2.45, 2.75) is 6.29 Å². The fraction of sp³-hybridized carbons (Fsp3) is 0.125. The molecule has 0 saturated heterocycles. The Hall–Kier alpha value is -3.34. The summed E-state index contributed by atoms with van der Waals surface area (Å²) in [6, 6.07) is 12.1. The predicted octanol–water partition coefficient (Wildman–Crippen LogP) is 2.90. The van der Waals surface area contributed by atoms with Crippen molar-refractivity contribution in [3.8, 4) is 23.3 Å². The molecule has 0 unspecified atom stereocenters. The summed E-state index contributed by atoms with van der Waals surface area (Å²) in [5.41, 5.74) is 0.743. The van der Waals surface area contributed by atoms with Gasteiger partial charge in [0.2, 0.25) is 0 Å². The number of amides is 1. The van der Waals surface area contributed by atoms with E-state index in [1.165, 1.54) is 18.2 Å². The maximum atomic E-state index is 12.9. The topological polar surface area (TPSA) is 80.6 Å². The van der Waals surface area contributed by atoms with E-state index in [1.807, 2.05) is 6.07 Å². The molecule has 8 heteroatoms. The van der Waals surface area contributed by atoms with Crippen molar-refractivity contribution >= 4 is 11.6 Å². The van der Waals surface area contributed by atoms with E-state index in [2.05, 4.69) is 14.8 Å². The van der Waals surface area contributed by atoms with Gasteiger partial charge in [0.1, 0.15) is 5.75 Å². The second-order valence-corrected chi connectivity index (χ2v) is 4.80. The van der Waals surface area contributed by atoms with E-state index in [0.29, 0.717) is 11.3 Å². The number of hydrogen-bond donors (Lipinski definition) is 1. The van der Waals surface area contributed by atoms with Crippen molar-refractivity contribution in [3.63, 3.8) is 0 Å². The zero-order valence-corrected chi connectivity index (χ0v) is 12.1. The van der Waals surface area contributed by atoms with Gasteiger partial charge < -0.3 is 19.5 Å². The van der Waals surface area contributed by atoms with Crippen LogP contribution in [0.15, 0.2) is 42.5 Å². The van der Waals surface area contributed by atoms with E-state index >= 15 is 0 Å². The van der Waals surface area contributed by atoms with E-state index < -0.39 is 12.2 Å². The number of carbonyl (C=O) groups excluding carboxylic acids is 1. The molecule has 6 nitrogen and oxygen atoms in total. The van der Waals surface area contributed by atoms with Crippen LogP contribution in [-0.4, -0.2) is 18.8 Å². The third-order valence-electron chi connectivity index (χ3n) is 3.04. The number of benzene rings is 2. The van der Waals surface area contributed by atoms with Gasteiger partial charge >= 0.3 is 6.29 Å². The molecule has 0 atom stereocenters. The fourth-order valence-corrected chi connectivity index (χ4v) is 2.00. The zero-order chi connectivity index (χ0) is 17.2. The Morgan fingerprint density at radius 1 is 1.17 bits per heavy atom. The highest BCUT2D eigenvalue weighted by atomic mass is 19.3. The Morgan fingerprint density at radius 3 is 2.58 bits per heavy atom. The lowest BCUT2D eigenvalue weighted by molar-refractivity contribution is -0.286. The van der Waals surface area contributed by atoms with Gasteiger partial charge in [0, 0.05) is 11.8 Å². The van der Waals surface area contributed by atoms with Gasteiger partial charge in [-0.15, -0.1) is 8.78 Å². The fourth-order valence-electron chi connectivity index (χ4n) is 2.00. The highest BCUT2D eigenvalue weighted by Crippen LogP contribution is 2.42. The Morgan fingerprint density at radius 2 is 1.88 bits per heavy atom. The third-order valence-corrected chi connectivity index (χ3v) is 3.04. The van der Waals surface area contributed by atoms with Crippen molar-refractivity contribution in [2.24, 2.45) is 0 Å². The lowest BCUT2D eigenvalue weighted by Gasteiger charge is -2.08. The van der Waals surface area contributed by atoms with Gasteiger partial charge in [0.15, 0.2) is 18.1 Å². The molecule has 1 aliphatic heterocycles. The third kappa shape index (κ3) is 3.52. The number of halogens is 2. The van der Waals surface area contributed by atoms with Crippen molar-refractivity contribution in [3.05, 3.63) is 48.0 Å². The van der Waals surface area contributed by atoms with Gasteiger partial charge in [-0.05, 0) is 36.4 Å².